The Labute approximate surface area is 91.7 Å². The van der Waals surface area contributed by atoms with Gasteiger partial charge < -0.3 is 22.5 Å². The molecule has 0 atom stereocenters. The molecule has 16 heavy (non-hydrogen) atoms. The third-order valence-electron chi connectivity index (χ3n) is 1.84. The number of nitrogen functional groups attached to an aromatic ring is 3. The van der Waals surface area contributed by atoms with Gasteiger partial charge in [-0.15, -0.1) is 0 Å². The van der Waals surface area contributed by atoms with E-state index in [-0.39, 0.29) is 11.9 Å². The number of aromatic nitrogens is 3. The van der Waals surface area contributed by atoms with Crippen molar-refractivity contribution >= 4 is 29.2 Å². The standard InChI is InChI=1S/C9H11N7/c10-5-1-3-6(4-2-5)13-9-15-7(11)14-8(12)16-9/h1-4H,10H2,(H5,11,12,13,14,15,16). The first kappa shape index (κ1) is 9.97. The molecule has 2 aromatic rings. The molecule has 7 nitrogen and oxygen atoms in total. The average Bonchev–Trinajstić information content (AvgIpc) is 2.20. The summed E-state index contributed by atoms with van der Waals surface area (Å²) in [5.74, 6) is 0.450. The van der Waals surface area contributed by atoms with Crippen LogP contribution in [0.25, 0.3) is 0 Å². The van der Waals surface area contributed by atoms with Gasteiger partial charge in [0.05, 0.1) is 0 Å². The normalized spacial score (nSPS) is 10.0. The van der Waals surface area contributed by atoms with Crippen molar-refractivity contribution in [2.24, 2.45) is 0 Å². The van der Waals surface area contributed by atoms with Crippen molar-refractivity contribution in [2.45, 2.75) is 0 Å². The van der Waals surface area contributed by atoms with Crippen molar-refractivity contribution in [1.29, 1.82) is 0 Å². The van der Waals surface area contributed by atoms with Gasteiger partial charge in [-0.2, -0.15) is 15.0 Å². The molecule has 0 aliphatic rings. The zero-order valence-corrected chi connectivity index (χ0v) is 8.38. The van der Waals surface area contributed by atoms with E-state index in [1.54, 1.807) is 24.3 Å². The number of nitrogens with two attached hydrogens (primary N) is 3. The van der Waals surface area contributed by atoms with Crippen LogP contribution in [0.2, 0.25) is 0 Å². The minimum atomic E-state index is 0.0745. The van der Waals surface area contributed by atoms with Crippen molar-refractivity contribution in [3.05, 3.63) is 24.3 Å². The van der Waals surface area contributed by atoms with E-state index in [2.05, 4.69) is 20.3 Å². The molecule has 0 amide bonds. The molecule has 0 saturated carbocycles. The van der Waals surface area contributed by atoms with E-state index in [9.17, 15) is 0 Å². The predicted molar refractivity (Wildman–Crippen MR) is 62.8 cm³/mol. The monoisotopic (exact) mass is 217 g/mol. The van der Waals surface area contributed by atoms with E-state index >= 15 is 0 Å². The summed E-state index contributed by atoms with van der Waals surface area (Å²) in [6, 6.07) is 7.11. The number of rotatable bonds is 2. The largest absolute Gasteiger partial charge is 0.399 e. The molecule has 0 bridgehead atoms. The molecular weight excluding hydrogens is 206 g/mol. The van der Waals surface area contributed by atoms with Gasteiger partial charge in [-0.3, -0.25) is 0 Å². The Bertz CT molecular complexity index is 473. The number of benzene rings is 1. The van der Waals surface area contributed by atoms with Gasteiger partial charge in [0, 0.05) is 11.4 Å². The minimum absolute atomic E-state index is 0.0745. The predicted octanol–water partition coefficient (Wildman–Crippen LogP) is 0.362. The second-order valence-corrected chi connectivity index (χ2v) is 3.12. The Kier molecular flexibility index (Phi) is 2.42. The lowest BCUT2D eigenvalue weighted by molar-refractivity contribution is 1.08. The molecule has 0 aliphatic heterocycles. The molecule has 1 heterocycles. The summed E-state index contributed by atoms with van der Waals surface area (Å²) in [6.45, 7) is 0. The van der Waals surface area contributed by atoms with E-state index in [1.807, 2.05) is 0 Å². The summed E-state index contributed by atoms with van der Waals surface area (Å²) in [6.07, 6.45) is 0. The van der Waals surface area contributed by atoms with Crippen LogP contribution in [0.5, 0.6) is 0 Å². The van der Waals surface area contributed by atoms with Crippen molar-refractivity contribution in [3.8, 4) is 0 Å². The SMILES string of the molecule is Nc1ccc(Nc2nc(N)nc(N)n2)cc1. The van der Waals surface area contributed by atoms with E-state index in [0.29, 0.717) is 11.6 Å². The van der Waals surface area contributed by atoms with Crippen molar-refractivity contribution < 1.29 is 0 Å². The molecule has 0 spiro atoms. The highest BCUT2D eigenvalue weighted by Crippen LogP contribution is 2.15. The second-order valence-electron chi connectivity index (χ2n) is 3.12. The maximum absolute atomic E-state index is 5.56. The summed E-state index contributed by atoms with van der Waals surface area (Å²) in [4.78, 5) is 11.4. The quantitative estimate of drug-likeness (QED) is 0.534. The molecule has 1 aromatic heterocycles. The van der Waals surface area contributed by atoms with Crippen LogP contribution in [-0.2, 0) is 0 Å². The summed E-state index contributed by atoms with van der Waals surface area (Å²) >= 11 is 0. The molecule has 0 fully saturated rings. The van der Waals surface area contributed by atoms with Crippen LogP contribution in [0.1, 0.15) is 0 Å². The lowest BCUT2D eigenvalue weighted by atomic mass is 10.3. The molecule has 1 aromatic carbocycles. The third kappa shape index (κ3) is 2.27. The van der Waals surface area contributed by atoms with Crippen LogP contribution < -0.4 is 22.5 Å². The van der Waals surface area contributed by atoms with Gasteiger partial charge in [0.15, 0.2) is 0 Å². The summed E-state index contributed by atoms with van der Waals surface area (Å²) in [7, 11) is 0. The van der Waals surface area contributed by atoms with E-state index in [4.69, 9.17) is 17.2 Å². The highest BCUT2D eigenvalue weighted by Gasteiger charge is 2.01. The maximum atomic E-state index is 5.56. The smallest absolute Gasteiger partial charge is 0.233 e. The summed E-state index contributed by atoms with van der Waals surface area (Å²) < 4.78 is 0. The second kappa shape index (κ2) is 3.89. The van der Waals surface area contributed by atoms with Crippen LogP contribution in [-0.4, -0.2) is 15.0 Å². The van der Waals surface area contributed by atoms with Gasteiger partial charge >= 0.3 is 0 Å². The fraction of sp³-hybridized carbons (Fsp3) is 0. The molecule has 0 radical (unpaired) electrons. The lowest BCUT2D eigenvalue weighted by Crippen LogP contribution is -2.06. The fourth-order valence-electron chi connectivity index (χ4n) is 1.16. The zero-order valence-electron chi connectivity index (χ0n) is 8.38. The third-order valence-corrected chi connectivity index (χ3v) is 1.84. The lowest BCUT2D eigenvalue weighted by Gasteiger charge is -2.05. The van der Waals surface area contributed by atoms with Crippen LogP contribution in [0.3, 0.4) is 0 Å². The number of nitrogens with zero attached hydrogens (tertiary/aromatic N) is 3. The topological polar surface area (TPSA) is 129 Å². The Morgan fingerprint density at radius 1 is 0.812 bits per heavy atom. The number of anilines is 5. The van der Waals surface area contributed by atoms with Gasteiger partial charge in [0.1, 0.15) is 0 Å². The first-order chi connectivity index (χ1) is 7.63. The van der Waals surface area contributed by atoms with Crippen LogP contribution in [0.4, 0.5) is 29.2 Å². The number of hydrogen-bond acceptors (Lipinski definition) is 7. The molecule has 2 rings (SSSR count). The Morgan fingerprint density at radius 2 is 1.38 bits per heavy atom. The van der Waals surface area contributed by atoms with E-state index < -0.39 is 0 Å². The summed E-state index contributed by atoms with van der Waals surface area (Å²) in [5, 5.41) is 2.94. The van der Waals surface area contributed by atoms with Crippen molar-refractivity contribution in [1.82, 2.24) is 15.0 Å². The molecule has 7 heteroatoms. The fourth-order valence-corrected chi connectivity index (χ4v) is 1.16. The highest BCUT2D eigenvalue weighted by atomic mass is 15.2. The van der Waals surface area contributed by atoms with Gasteiger partial charge in [0.25, 0.3) is 0 Å². The Morgan fingerprint density at radius 3 is 1.94 bits per heavy atom. The molecule has 82 valence electrons. The van der Waals surface area contributed by atoms with Gasteiger partial charge in [-0.25, -0.2) is 0 Å². The van der Waals surface area contributed by atoms with Crippen LogP contribution >= 0.6 is 0 Å². The molecule has 0 aliphatic carbocycles. The maximum Gasteiger partial charge on any atom is 0.233 e. The van der Waals surface area contributed by atoms with Crippen LogP contribution in [0, 0.1) is 0 Å². The first-order valence-corrected chi connectivity index (χ1v) is 4.53. The van der Waals surface area contributed by atoms with Gasteiger partial charge in [-0.05, 0) is 24.3 Å². The minimum Gasteiger partial charge on any atom is -0.399 e. The van der Waals surface area contributed by atoms with Crippen molar-refractivity contribution in [3.63, 3.8) is 0 Å². The number of nitrogens with one attached hydrogen (secondary N) is 1. The van der Waals surface area contributed by atoms with Gasteiger partial charge in [-0.1, -0.05) is 0 Å². The average molecular weight is 217 g/mol. The Balaban J connectivity index is 2.23. The molecule has 7 N–H and O–H groups in total. The van der Waals surface area contributed by atoms with E-state index in [1.165, 1.54) is 0 Å². The number of hydrogen-bond donors (Lipinski definition) is 4. The van der Waals surface area contributed by atoms with Crippen molar-refractivity contribution in [2.75, 3.05) is 22.5 Å². The molecule has 0 unspecified atom stereocenters. The zero-order chi connectivity index (χ0) is 11.5. The summed E-state index contributed by atoms with van der Waals surface area (Å²) in [5.41, 5.74) is 17.9. The van der Waals surface area contributed by atoms with Crippen LogP contribution in [0.15, 0.2) is 24.3 Å². The molecular formula is C9H11N7. The first-order valence-electron chi connectivity index (χ1n) is 4.53. The van der Waals surface area contributed by atoms with E-state index in [0.717, 1.165) is 5.69 Å². The highest BCUT2D eigenvalue weighted by molar-refractivity contribution is 5.58. The Hall–Kier alpha value is -2.57. The van der Waals surface area contributed by atoms with Gasteiger partial charge in [0.2, 0.25) is 17.8 Å². The molecule has 0 saturated heterocycles.